The van der Waals surface area contributed by atoms with Crippen molar-refractivity contribution in [3.8, 4) is 34.5 Å². The maximum Gasteiger partial charge on any atom is 0.161 e. The molecule has 0 aromatic heterocycles. The van der Waals surface area contributed by atoms with E-state index >= 15 is 0 Å². The van der Waals surface area contributed by atoms with Gasteiger partial charge in [-0.1, -0.05) is 98.8 Å². The topological polar surface area (TPSA) is 121 Å². The molecule has 4 unspecified atom stereocenters. The monoisotopic (exact) mass is 788 g/mol. The van der Waals surface area contributed by atoms with Gasteiger partial charge in [-0.3, -0.25) is 0 Å². The molecule has 6 aromatic rings. The van der Waals surface area contributed by atoms with Crippen molar-refractivity contribution in [3.05, 3.63) is 132 Å². The lowest BCUT2D eigenvalue weighted by Crippen LogP contribution is -2.32. The lowest BCUT2D eigenvalue weighted by atomic mass is 10.0. The van der Waals surface area contributed by atoms with E-state index in [0.717, 1.165) is 49.1 Å². The molecule has 4 aliphatic rings. The Bertz CT molecular complexity index is 2060. The molecule has 2 fully saturated rings. The van der Waals surface area contributed by atoms with Crippen LogP contribution in [0.1, 0.15) is 25.0 Å². The van der Waals surface area contributed by atoms with Crippen LogP contribution in [0.15, 0.2) is 121 Å². The summed E-state index contributed by atoms with van der Waals surface area (Å²) in [4.78, 5) is 0. The minimum absolute atomic E-state index is 0.00562. The summed E-state index contributed by atoms with van der Waals surface area (Å²) in [6.45, 7) is 8.20. The van der Waals surface area contributed by atoms with Gasteiger partial charge in [0, 0.05) is 11.1 Å². The maximum atomic E-state index is 8.81. The summed E-state index contributed by atoms with van der Waals surface area (Å²) >= 11 is 0. The zero-order chi connectivity index (χ0) is 40.1. The average molecular weight is 789 g/mol. The molecule has 2 saturated heterocycles. The smallest absolute Gasteiger partial charge is 0.161 e. The Morgan fingerprint density at radius 1 is 0.466 bits per heavy atom. The number of aliphatic hydroxyl groups excluding tert-OH is 2. The SMILES string of the molecule is CCc1c(OCC2CO2)ccc2ccccc12.CCc1c(OCC2CO2)ccc2ccccc12.OCC1COc2ccccc2O1.OCC1COc2ccccc2O1. The third-order valence-electron chi connectivity index (χ3n) is 9.90. The van der Waals surface area contributed by atoms with Crippen molar-refractivity contribution >= 4 is 21.5 Å². The summed E-state index contributed by atoms with van der Waals surface area (Å²) in [5, 5.41) is 22.8. The molecule has 0 spiro atoms. The van der Waals surface area contributed by atoms with E-state index in [-0.39, 0.29) is 25.4 Å². The molecule has 0 amide bonds. The molecule has 4 aliphatic heterocycles. The molecular formula is C48H52O10. The number of rotatable bonds is 10. The Kier molecular flexibility index (Phi) is 14.2. The molecule has 0 saturated carbocycles. The Morgan fingerprint density at radius 2 is 0.845 bits per heavy atom. The minimum atomic E-state index is -0.222. The second-order valence-electron chi connectivity index (χ2n) is 14.1. The number of ether oxygens (including phenoxy) is 8. The van der Waals surface area contributed by atoms with Crippen LogP contribution in [0, 0.1) is 0 Å². The van der Waals surface area contributed by atoms with Crippen LogP contribution in [0.2, 0.25) is 0 Å². The van der Waals surface area contributed by atoms with Gasteiger partial charge in [0.25, 0.3) is 0 Å². The first-order chi connectivity index (χ1) is 28.6. The molecule has 10 heteroatoms. The van der Waals surface area contributed by atoms with Crippen LogP contribution in [0.4, 0.5) is 0 Å². The zero-order valence-electron chi connectivity index (χ0n) is 33.1. The van der Waals surface area contributed by atoms with Crippen molar-refractivity contribution in [2.75, 3.05) is 52.9 Å². The van der Waals surface area contributed by atoms with Gasteiger partial charge < -0.3 is 48.1 Å². The molecular weight excluding hydrogens is 737 g/mol. The lowest BCUT2D eigenvalue weighted by molar-refractivity contribution is 0.0456. The Morgan fingerprint density at radius 3 is 1.22 bits per heavy atom. The fourth-order valence-electron chi connectivity index (χ4n) is 6.63. The molecule has 58 heavy (non-hydrogen) atoms. The lowest BCUT2D eigenvalue weighted by Gasteiger charge is -2.24. The highest BCUT2D eigenvalue weighted by Gasteiger charge is 2.25. The highest BCUT2D eigenvalue weighted by Crippen LogP contribution is 2.33. The van der Waals surface area contributed by atoms with Crippen LogP contribution in [-0.2, 0) is 22.3 Å². The first kappa shape index (κ1) is 40.7. The van der Waals surface area contributed by atoms with Crippen LogP contribution in [0.3, 0.4) is 0 Å². The molecule has 6 aromatic carbocycles. The highest BCUT2D eigenvalue weighted by molar-refractivity contribution is 5.88. The summed E-state index contributed by atoms with van der Waals surface area (Å²) in [5.74, 6) is 4.93. The van der Waals surface area contributed by atoms with Gasteiger partial charge in [-0.2, -0.15) is 0 Å². The van der Waals surface area contributed by atoms with E-state index in [1.807, 2.05) is 48.5 Å². The number of fused-ring (bicyclic) bond motifs is 4. The summed E-state index contributed by atoms with van der Waals surface area (Å²) in [6, 6.07) is 40.2. The molecule has 10 rings (SSSR count). The van der Waals surface area contributed by atoms with Crippen molar-refractivity contribution in [1.82, 2.24) is 0 Å². The zero-order valence-corrected chi connectivity index (χ0v) is 33.1. The van der Waals surface area contributed by atoms with Gasteiger partial charge in [0.2, 0.25) is 0 Å². The number of hydrogen-bond acceptors (Lipinski definition) is 10. The summed E-state index contributed by atoms with van der Waals surface area (Å²) in [7, 11) is 0. The van der Waals surface area contributed by atoms with Gasteiger partial charge >= 0.3 is 0 Å². The first-order valence-electron chi connectivity index (χ1n) is 20.1. The maximum absolute atomic E-state index is 8.81. The molecule has 0 radical (unpaired) electrons. The standard InChI is InChI=1S/2C15H16O2.2C9H10O3/c2*1-2-13-14-6-4-3-5-11(14)7-8-15(13)17-10-12-9-16-12;2*10-5-7-6-11-8-3-1-2-4-9(8)12-7/h2*3-8,12H,2,9-10H2,1H3;2*1-4,7,10H,5-6H2. The largest absolute Gasteiger partial charge is 0.490 e. The number of para-hydroxylation sites is 4. The van der Waals surface area contributed by atoms with E-state index in [1.165, 1.54) is 32.7 Å². The van der Waals surface area contributed by atoms with Crippen LogP contribution in [0.25, 0.3) is 21.5 Å². The molecule has 4 heterocycles. The van der Waals surface area contributed by atoms with E-state index < -0.39 is 0 Å². The number of hydrogen-bond donors (Lipinski definition) is 2. The van der Waals surface area contributed by atoms with Crippen LogP contribution in [0.5, 0.6) is 34.5 Å². The highest BCUT2D eigenvalue weighted by atomic mass is 16.6. The molecule has 304 valence electrons. The van der Waals surface area contributed by atoms with E-state index in [9.17, 15) is 0 Å². The number of benzene rings is 6. The van der Waals surface area contributed by atoms with Crippen LogP contribution >= 0.6 is 0 Å². The van der Waals surface area contributed by atoms with Gasteiger partial charge in [-0.15, -0.1) is 0 Å². The first-order valence-corrected chi connectivity index (χ1v) is 20.1. The predicted octanol–water partition coefficient (Wildman–Crippen LogP) is 8.00. The Labute approximate surface area is 339 Å². The Hall–Kier alpha value is -5.52. The van der Waals surface area contributed by atoms with E-state index in [4.69, 9.17) is 48.1 Å². The van der Waals surface area contributed by atoms with Crippen molar-refractivity contribution < 1.29 is 48.1 Å². The quantitative estimate of drug-likeness (QED) is 0.132. The number of aliphatic hydroxyl groups is 2. The number of epoxide rings is 2. The van der Waals surface area contributed by atoms with Crippen molar-refractivity contribution in [1.29, 1.82) is 0 Å². The Balaban J connectivity index is 0.000000119. The average Bonchev–Trinajstić information content (AvgIpc) is 4.24. The molecule has 2 N–H and O–H groups in total. The third kappa shape index (κ3) is 10.9. The van der Waals surface area contributed by atoms with Gasteiger partial charge in [-0.25, -0.2) is 0 Å². The summed E-state index contributed by atoms with van der Waals surface area (Å²) in [6.07, 6.45) is 2.15. The van der Waals surface area contributed by atoms with Crippen LogP contribution in [-0.4, -0.2) is 87.5 Å². The fraction of sp³-hybridized carbons (Fsp3) is 0.333. The molecule has 10 nitrogen and oxygen atoms in total. The minimum Gasteiger partial charge on any atom is -0.490 e. The van der Waals surface area contributed by atoms with Crippen molar-refractivity contribution in [2.24, 2.45) is 0 Å². The molecule has 4 atom stereocenters. The van der Waals surface area contributed by atoms with Crippen LogP contribution < -0.4 is 28.4 Å². The van der Waals surface area contributed by atoms with Gasteiger partial charge in [0.1, 0.15) is 50.1 Å². The summed E-state index contributed by atoms with van der Waals surface area (Å²) in [5.41, 5.74) is 2.59. The predicted molar refractivity (Wildman–Crippen MR) is 224 cm³/mol. The second-order valence-corrected chi connectivity index (χ2v) is 14.1. The van der Waals surface area contributed by atoms with Gasteiger partial charge in [-0.05, 0) is 70.8 Å². The van der Waals surface area contributed by atoms with E-state index in [0.29, 0.717) is 50.1 Å². The number of aryl methyl sites for hydroxylation is 2. The van der Waals surface area contributed by atoms with Gasteiger partial charge in [0.05, 0.1) is 26.4 Å². The van der Waals surface area contributed by atoms with Crippen molar-refractivity contribution in [2.45, 2.75) is 51.1 Å². The fourth-order valence-corrected chi connectivity index (χ4v) is 6.63. The normalized spacial score (nSPS) is 19.2. The van der Waals surface area contributed by atoms with E-state index in [2.05, 4.69) is 86.6 Å². The molecule has 0 aliphatic carbocycles. The third-order valence-corrected chi connectivity index (χ3v) is 9.90. The van der Waals surface area contributed by atoms with E-state index in [1.54, 1.807) is 0 Å². The second kappa shape index (κ2) is 20.3. The summed E-state index contributed by atoms with van der Waals surface area (Å²) < 4.78 is 43.5. The molecule has 0 bridgehead atoms. The van der Waals surface area contributed by atoms with Gasteiger partial charge in [0.15, 0.2) is 35.2 Å². The van der Waals surface area contributed by atoms with Crippen molar-refractivity contribution in [3.63, 3.8) is 0 Å².